The summed E-state index contributed by atoms with van der Waals surface area (Å²) in [5, 5.41) is 1.58. The number of alkyl halides is 9. The fraction of sp³-hybridized carbons (Fsp3) is 0.346. The van der Waals surface area contributed by atoms with Crippen molar-refractivity contribution in [2.75, 3.05) is 0 Å². The molecule has 2 heterocycles. The summed E-state index contributed by atoms with van der Waals surface area (Å²) in [6.07, 6.45) is -6.53. The van der Waals surface area contributed by atoms with Gasteiger partial charge in [0.15, 0.2) is 0 Å². The molecule has 0 fully saturated rings. The molecule has 0 radical (unpaired) electrons. The number of benzene rings is 2. The highest BCUT2D eigenvalue weighted by atomic mass is 19.4. The smallest absolute Gasteiger partial charge is 0.341 e. The fourth-order valence-electron chi connectivity index (χ4n) is 4.79. The summed E-state index contributed by atoms with van der Waals surface area (Å²) >= 11 is 0. The molecule has 0 saturated heterocycles. The van der Waals surface area contributed by atoms with Crippen LogP contribution in [0.25, 0.3) is 21.8 Å². The van der Waals surface area contributed by atoms with Crippen LogP contribution in [-0.4, -0.2) is 33.5 Å². The lowest BCUT2D eigenvalue weighted by molar-refractivity contribution is -0.397. The van der Waals surface area contributed by atoms with Crippen molar-refractivity contribution in [3.05, 3.63) is 78.1 Å². The third-order valence-electron chi connectivity index (χ3n) is 6.83. The Labute approximate surface area is 205 Å². The minimum absolute atomic E-state index is 0.00758. The number of halogens is 9. The lowest BCUT2D eigenvalue weighted by Gasteiger charge is -2.39. The molecule has 2 aromatic carbocycles. The van der Waals surface area contributed by atoms with E-state index in [-0.39, 0.29) is 11.1 Å². The highest BCUT2D eigenvalue weighted by Gasteiger charge is 2.81. The van der Waals surface area contributed by atoms with E-state index < -0.39 is 35.8 Å². The van der Waals surface area contributed by atoms with E-state index in [1.54, 1.807) is 18.2 Å². The van der Waals surface area contributed by atoms with Crippen molar-refractivity contribution in [3.63, 3.8) is 0 Å². The van der Waals surface area contributed by atoms with Crippen molar-refractivity contribution in [1.82, 2.24) is 9.55 Å². The molecule has 1 atom stereocenters. The average Bonchev–Trinajstić information content (AvgIpc) is 3.16. The molecule has 198 valence electrons. The molecule has 37 heavy (non-hydrogen) atoms. The summed E-state index contributed by atoms with van der Waals surface area (Å²) in [7, 11) is 0. The number of fused-ring (bicyclic) bond motifs is 3. The standard InChI is InChI=1S/C26H21F9N2/c1-3-37-20-7-5-4-6-18(20)19-9-8-17(14-21(19)37)22(2,16-10-12-36-13-11-16)15-23(27,28)24(29,30)25(31,32)26(33,34)35/h4-14H,3,15H2,1-2H3. The second-order valence-electron chi connectivity index (χ2n) is 9.09. The molecule has 0 aliphatic heterocycles. The van der Waals surface area contributed by atoms with Crippen molar-refractivity contribution < 1.29 is 39.5 Å². The number of para-hydroxylation sites is 1. The largest absolute Gasteiger partial charge is 0.460 e. The number of pyridine rings is 1. The predicted molar refractivity (Wildman–Crippen MR) is 121 cm³/mol. The van der Waals surface area contributed by atoms with Crippen LogP contribution >= 0.6 is 0 Å². The van der Waals surface area contributed by atoms with Crippen molar-refractivity contribution in [3.8, 4) is 0 Å². The summed E-state index contributed by atoms with van der Waals surface area (Å²) in [6.45, 7) is 3.41. The molecule has 0 N–H and O–H groups in total. The van der Waals surface area contributed by atoms with Crippen LogP contribution in [0.2, 0.25) is 0 Å². The van der Waals surface area contributed by atoms with Gasteiger partial charge in [-0.1, -0.05) is 37.3 Å². The normalized spacial score (nSPS) is 15.3. The molecule has 0 saturated carbocycles. The first-order valence-electron chi connectivity index (χ1n) is 11.2. The maximum Gasteiger partial charge on any atom is 0.460 e. The van der Waals surface area contributed by atoms with Crippen LogP contribution in [0.1, 0.15) is 31.4 Å². The van der Waals surface area contributed by atoms with E-state index in [9.17, 15) is 39.5 Å². The molecule has 4 rings (SSSR count). The molecule has 0 bridgehead atoms. The van der Waals surface area contributed by atoms with Crippen LogP contribution in [0.3, 0.4) is 0 Å². The Morgan fingerprint density at radius 3 is 1.89 bits per heavy atom. The molecule has 0 aliphatic carbocycles. The van der Waals surface area contributed by atoms with Gasteiger partial charge >= 0.3 is 23.9 Å². The van der Waals surface area contributed by atoms with E-state index in [1.165, 1.54) is 36.7 Å². The van der Waals surface area contributed by atoms with Crippen molar-refractivity contribution in [2.45, 2.75) is 56.2 Å². The Balaban J connectivity index is 1.93. The zero-order valence-electron chi connectivity index (χ0n) is 19.6. The van der Waals surface area contributed by atoms with Gasteiger partial charge in [-0.25, -0.2) is 0 Å². The van der Waals surface area contributed by atoms with Gasteiger partial charge in [0.2, 0.25) is 0 Å². The van der Waals surface area contributed by atoms with Gasteiger partial charge in [-0.3, -0.25) is 4.98 Å². The van der Waals surface area contributed by atoms with Crippen LogP contribution in [-0.2, 0) is 12.0 Å². The first-order chi connectivity index (χ1) is 17.1. The SMILES string of the molecule is CCn1c2ccccc2c2ccc(C(C)(CC(F)(F)C(F)(F)C(F)(F)C(F)(F)F)c3ccncc3)cc21. The van der Waals surface area contributed by atoms with Crippen molar-refractivity contribution in [1.29, 1.82) is 0 Å². The van der Waals surface area contributed by atoms with E-state index in [0.29, 0.717) is 12.1 Å². The van der Waals surface area contributed by atoms with Gasteiger partial charge in [0.25, 0.3) is 0 Å². The minimum Gasteiger partial charge on any atom is -0.341 e. The monoisotopic (exact) mass is 532 g/mol. The Bertz CT molecular complexity index is 1420. The predicted octanol–water partition coefficient (Wildman–Crippen LogP) is 8.37. The summed E-state index contributed by atoms with van der Waals surface area (Å²) in [5.41, 5.74) is -0.677. The molecule has 4 aromatic rings. The summed E-state index contributed by atoms with van der Waals surface area (Å²) < 4.78 is 126. The first kappa shape index (κ1) is 26.8. The lowest BCUT2D eigenvalue weighted by atomic mass is 9.71. The molecule has 0 aliphatic rings. The first-order valence-corrected chi connectivity index (χ1v) is 11.2. The van der Waals surface area contributed by atoms with Crippen LogP contribution in [0.5, 0.6) is 0 Å². The third kappa shape index (κ3) is 4.02. The van der Waals surface area contributed by atoms with Crippen LogP contribution < -0.4 is 0 Å². The minimum atomic E-state index is -6.96. The number of aryl methyl sites for hydroxylation is 1. The maximum atomic E-state index is 15.0. The Morgan fingerprint density at radius 1 is 0.703 bits per heavy atom. The zero-order chi connectivity index (χ0) is 27.4. The molecule has 2 nitrogen and oxygen atoms in total. The Hall–Kier alpha value is -3.24. The number of rotatable bonds is 7. The number of aromatic nitrogens is 2. The maximum absolute atomic E-state index is 15.0. The van der Waals surface area contributed by atoms with Gasteiger partial charge in [-0.05, 0) is 42.3 Å². The molecule has 0 amide bonds. The Kier molecular flexibility index (Phi) is 6.28. The van der Waals surface area contributed by atoms with Crippen molar-refractivity contribution in [2.24, 2.45) is 0 Å². The van der Waals surface area contributed by atoms with Crippen LogP contribution in [0, 0.1) is 0 Å². The zero-order valence-corrected chi connectivity index (χ0v) is 19.6. The van der Waals surface area contributed by atoms with E-state index in [0.717, 1.165) is 23.2 Å². The fourth-order valence-corrected chi connectivity index (χ4v) is 4.79. The summed E-state index contributed by atoms with van der Waals surface area (Å²) in [5.74, 6) is -19.4. The number of hydrogen-bond acceptors (Lipinski definition) is 1. The molecule has 11 heteroatoms. The van der Waals surface area contributed by atoms with E-state index in [4.69, 9.17) is 0 Å². The lowest BCUT2D eigenvalue weighted by Crippen LogP contribution is -2.62. The highest BCUT2D eigenvalue weighted by molar-refractivity contribution is 6.08. The van der Waals surface area contributed by atoms with Gasteiger partial charge in [-0.2, -0.15) is 39.5 Å². The van der Waals surface area contributed by atoms with Gasteiger partial charge < -0.3 is 4.57 Å². The number of nitrogens with zero attached hydrogens (tertiary/aromatic N) is 2. The molecule has 1 unspecified atom stereocenters. The van der Waals surface area contributed by atoms with Gasteiger partial charge in [-0.15, -0.1) is 0 Å². The second kappa shape index (κ2) is 8.66. The molecule has 2 aromatic heterocycles. The van der Waals surface area contributed by atoms with Crippen LogP contribution in [0.4, 0.5) is 39.5 Å². The molecular weight excluding hydrogens is 511 g/mol. The summed E-state index contributed by atoms with van der Waals surface area (Å²) in [6, 6.07) is 14.2. The summed E-state index contributed by atoms with van der Waals surface area (Å²) in [4.78, 5) is 3.77. The topological polar surface area (TPSA) is 17.8 Å². The van der Waals surface area contributed by atoms with E-state index in [2.05, 4.69) is 4.98 Å². The molecule has 0 spiro atoms. The highest BCUT2D eigenvalue weighted by Crippen LogP contribution is 2.57. The van der Waals surface area contributed by atoms with Gasteiger partial charge in [0.05, 0.1) is 0 Å². The molecular formula is C26H21F9N2. The Morgan fingerprint density at radius 2 is 1.30 bits per heavy atom. The van der Waals surface area contributed by atoms with E-state index in [1.807, 2.05) is 23.6 Å². The second-order valence-corrected chi connectivity index (χ2v) is 9.09. The van der Waals surface area contributed by atoms with Gasteiger partial charge in [0, 0.05) is 52.6 Å². The van der Waals surface area contributed by atoms with E-state index >= 15 is 0 Å². The van der Waals surface area contributed by atoms with Crippen molar-refractivity contribution >= 4 is 21.8 Å². The number of hydrogen-bond donors (Lipinski definition) is 0. The average molecular weight is 532 g/mol. The third-order valence-corrected chi connectivity index (χ3v) is 6.83. The quantitative estimate of drug-likeness (QED) is 0.219. The van der Waals surface area contributed by atoms with Gasteiger partial charge in [0.1, 0.15) is 0 Å². The van der Waals surface area contributed by atoms with Crippen LogP contribution in [0.15, 0.2) is 67.0 Å².